The molecule has 2 nitrogen and oxygen atoms in total. The molecule has 0 radical (unpaired) electrons. The van der Waals surface area contributed by atoms with Gasteiger partial charge in [0.1, 0.15) is 0 Å². The van der Waals surface area contributed by atoms with Crippen molar-refractivity contribution >= 4 is 0 Å². The minimum absolute atomic E-state index is 0.215. The number of aliphatic hydroxyl groups excluding tert-OH is 1. The standard InChI is InChI=1S/C11H23NO/c1-8-4-9(2)6-11(5-8)12-7-10(3)13/h8-13H,4-7H2,1-3H3/t8-,9-,10+/m0/s1. The largest absolute Gasteiger partial charge is 0.392 e. The lowest BCUT2D eigenvalue weighted by Gasteiger charge is -2.32. The van der Waals surface area contributed by atoms with Crippen LogP contribution in [0.5, 0.6) is 0 Å². The molecule has 3 atom stereocenters. The van der Waals surface area contributed by atoms with Gasteiger partial charge in [0.25, 0.3) is 0 Å². The van der Waals surface area contributed by atoms with Crippen molar-refractivity contribution in [3.8, 4) is 0 Å². The molecule has 0 heterocycles. The van der Waals surface area contributed by atoms with Crippen LogP contribution < -0.4 is 5.32 Å². The molecular formula is C11H23NO. The van der Waals surface area contributed by atoms with E-state index in [0.29, 0.717) is 6.04 Å². The zero-order chi connectivity index (χ0) is 9.84. The lowest BCUT2D eigenvalue weighted by molar-refractivity contribution is 0.168. The molecule has 2 heteroatoms. The fraction of sp³-hybridized carbons (Fsp3) is 1.00. The summed E-state index contributed by atoms with van der Waals surface area (Å²) in [5, 5.41) is 12.6. The van der Waals surface area contributed by atoms with Crippen LogP contribution in [0.15, 0.2) is 0 Å². The van der Waals surface area contributed by atoms with E-state index in [0.717, 1.165) is 18.4 Å². The lowest BCUT2D eigenvalue weighted by atomic mass is 9.80. The maximum Gasteiger partial charge on any atom is 0.0636 e. The summed E-state index contributed by atoms with van der Waals surface area (Å²) in [4.78, 5) is 0. The van der Waals surface area contributed by atoms with Gasteiger partial charge in [-0.3, -0.25) is 0 Å². The van der Waals surface area contributed by atoms with Crippen LogP contribution in [0.1, 0.15) is 40.0 Å². The molecule has 0 saturated heterocycles. The average Bonchev–Trinajstić information content (AvgIpc) is 1.99. The molecule has 13 heavy (non-hydrogen) atoms. The Morgan fingerprint density at radius 2 is 1.77 bits per heavy atom. The molecule has 0 aromatic heterocycles. The number of nitrogens with one attached hydrogen (secondary N) is 1. The second kappa shape index (κ2) is 4.97. The van der Waals surface area contributed by atoms with Crippen LogP contribution >= 0.6 is 0 Å². The zero-order valence-corrected chi connectivity index (χ0v) is 9.09. The van der Waals surface area contributed by atoms with Gasteiger partial charge in [0.05, 0.1) is 6.10 Å². The Hall–Kier alpha value is -0.0800. The van der Waals surface area contributed by atoms with E-state index in [1.54, 1.807) is 0 Å². The van der Waals surface area contributed by atoms with E-state index in [4.69, 9.17) is 5.11 Å². The minimum Gasteiger partial charge on any atom is -0.392 e. The summed E-state index contributed by atoms with van der Waals surface area (Å²) in [6, 6.07) is 0.633. The van der Waals surface area contributed by atoms with Crippen LogP contribution in [0.2, 0.25) is 0 Å². The van der Waals surface area contributed by atoms with Gasteiger partial charge >= 0.3 is 0 Å². The maximum atomic E-state index is 9.15. The van der Waals surface area contributed by atoms with Crippen LogP contribution in [0.3, 0.4) is 0 Å². The van der Waals surface area contributed by atoms with Crippen LogP contribution in [-0.4, -0.2) is 23.8 Å². The Morgan fingerprint density at radius 3 is 2.23 bits per heavy atom. The van der Waals surface area contributed by atoms with Gasteiger partial charge in [-0.15, -0.1) is 0 Å². The van der Waals surface area contributed by atoms with Crippen molar-refractivity contribution < 1.29 is 5.11 Å². The third-order valence-electron chi connectivity index (χ3n) is 2.88. The van der Waals surface area contributed by atoms with Crippen molar-refractivity contribution in [3.63, 3.8) is 0 Å². The third kappa shape index (κ3) is 4.10. The molecule has 0 unspecified atom stereocenters. The van der Waals surface area contributed by atoms with E-state index >= 15 is 0 Å². The average molecular weight is 185 g/mol. The summed E-state index contributed by atoms with van der Waals surface area (Å²) in [7, 11) is 0. The van der Waals surface area contributed by atoms with Crippen molar-refractivity contribution in [2.45, 2.75) is 52.2 Å². The summed E-state index contributed by atoms with van der Waals surface area (Å²) < 4.78 is 0. The molecule has 1 saturated carbocycles. The first kappa shape index (κ1) is 11.0. The third-order valence-corrected chi connectivity index (χ3v) is 2.88. The van der Waals surface area contributed by atoms with E-state index in [2.05, 4.69) is 19.2 Å². The Kier molecular flexibility index (Phi) is 4.20. The normalized spacial score (nSPS) is 37.4. The minimum atomic E-state index is -0.215. The Labute approximate surface area is 81.7 Å². The van der Waals surface area contributed by atoms with E-state index in [1.165, 1.54) is 19.3 Å². The number of hydrogen-bond acceptors (Lipinski definition) is 2. The second-order valence-corrected chi connectivity index (χ2v) is 4.87. The maximum absolute atomic E-state index is 9.15. The predicted molar refractivity (Wildman–Crippen MR) is 55.7 cm³/mol. The number of rotatable bonds is 3. The van der Waals surface area contributed by atoms with Gasteiger partial charge < -0.3 is 10.4 Å². The summed E-state index contributed by atoms with van der Waals surface area (Å²) in [6.45, 7) is 7.23. The molecule has 1 fully saturated rings. The van der Waals surface area contributed by atoms with Crippen molar-refractivity contribution in [2.75, 3.05) is 6.54 Å². The van der Waals surface area contributed by atoms with Crippen molar-refractivity contribution in [1.29, 1.82) is 0 Å². The molecular weight excluding hydrogens is 162 g/mol. The first-order chi connectivity index (χ1) is 6.08. The highest BCUT2D eigenvalue weighted by atomic mass is 16.3. The highest BCUT2D eigenvalue weighted by molar-refractivity contribution is 4.79. The Balaban J connectivity index is 2.25. The predicted octanol–water partition coefficient (Wildman–Crippen LogP) is 1.78. The molecule has 0 amide bonds. The van der Waals surface area contributed by atoms with E-state index in [1.807, 2.05) is 6.92 Å². The fourth-order valence-electron chi connectivity index (χ4n) is 2.45. The van der Waals surface area contributed by atoms with Crippen LogP contribution in [0, 0.1) is 11.8 Å². The monoisotopic (exact) mass is 185 g/mol. The molecule has 0 aliphatic heterocycles. The van der Waals surface area contributed by atoms with Gasteiger partial charge in [0.2, 0.25) is 0 Å². The second-order valence-electron chi connectivity index (χ2n) is 4.87. The Morgan fingerprint density at radius 1 is 1.23 bits per heavy atom. The van der Waals surface area contributed by atoms with Gasteiger partial charge in [-0.1, -0.05) is 13.8 Å². The molecule has 1 rings (SSSR count). The molecule has 0 aromatic carbocycles. The molecule has 0 spiro atoms. The van der Waals surface area contributed by atoms with Gasteiger partial charge in [0.15, 0.2) is 0 Å². The topological polar surface area (TPSA) is 32.3 Å². The quantitative estimate of drug-likeness (QED) is 0.702. The van der Waals surface area contributed by atoms with Crippen molar-refractivity contribution in [2.24, 2.45) is 11.8 Å². The molecule has 0 aromatic rings. The Bertz CT molecular complexity index is 137. The smallest absolute Gasteiger partial charge is 0.0636 e. The summed E-state index contributed by atoms with van der Waals surface area (Å²) in [5.41, 5.74) is 0. The fourth-order valence-corrected chi connectivity index (χ4v) is 2.45. The van der Waals surface area contributed by atoms with Crippen LogP contribution in [0.25, 0.3) is 0 Å². The van der Waals surface area contributed by atoms with Crippen molar-refractivity contribution in [3.05, 3.63) is 0 Å². The molecule has 0 bridgehead atoms. The summed E-state index contributed by atoms with van der Waals surface area (Å²) >= 11 is 0. The van der Waals surface area contributed by atoms with Gasteiger partial charge in [-0.25, -0.2) is 0 Å². The highest BCUT2D eigenvalue weighted by Gasteiger charge is 2.23. The first-order valence-electron chi connectivity index (χ1n) is 5.49. The molecule has 1 aliphatic carbocycles. The van der Waals surface area contributed by atoms with Crippen molar-refractivity contribution in [1.82, 2.24) is 5.32 Å². The molecule has 78 valence electrons. The highest BCUT2D eigenvalue weighted by Crippen LogP contribution is 2.28. The van der Waals surface area contributed by atoms with E-state index in [9.17, 15) is 0 Å². The first-order valence-corrected chi connectivity index (χ1v) is 5.49. The molecule has 2 N–H and O–H groups in total. The summed E-state index contributed by atoms with van der Waals surface area (Å²) in [5.74, 6) is 1.69. The van der Waals surface area contributed by atoms with Gasteiger partial charge in [-0.2, -0.15) is 0 Å². The van der Waals surface area contributed by atoms with E-state index in [-0.39, 0.29) is 6.10 Å². The van der Waals surface area contributed by atoms with Gasteiger partial charge in [0, 0.05) is 12.6 Å². The molecule has 1 aliphatic rings. The summed E-state index contributed by atoms with van der Waals surface area (Å²) in [6.07, 6.45) is 3.70. The SMILES string of the molecule is C[C@@H]1CC(NC[C@@H](C)O)C[C@@H](C)C1. The van der Waals surface area contributed by atoms with Gasteiger partial charge in [-0.05, 0) is 38.0 Å². The number of aliphatic hydroxyl groups is 1. The lowest BCUT2D eigenvalue weighted by Crippen LogP contribution is -2.39. The van der Waals surface area contributed by atoms with Crippen LogP contribution in [0.4, 0.5) is 0 Å². The van der Waals surface area contributed by atoms with E-state index < -0.39 is 0 Å². The van der Waals surface area contributed by atoms with Crippen LogP contribution in [-0.2, 0) is 0 Å². The zero-order valence-electron chi connectivity index (χ0n) is 9.09. The number of hydrogen-bond donors (Lipinski definition) is 2.